The number of benzene rings is 3. The lowest BCUT2D eigenvalue weighted by molar-refractivity contribution is -0.183. The number of ketones is 4. The van der Waals surface area contributed by atoms with E-state index in [1.54, 1.807) is 13.8 Å². The minimum absolute atomic E-state index is 0.0558. The number of rotatable bonds is 7. The maximum absolute atomic E-state index is 14.6. The normalized spacial score (nSPS) is 28.6. The molecule has 3 aliphatic carbocycles. The number of aromatic hydroxyl groups is 1. The van der Waals surface area contributed by atoms with Crippen molar-refractivity contribution in [3.05, 3.63) is 100 Å². The highest BCUT2D eigenvalue weighted by Gasteiger charge is 2.73. The number of fused-ring (bicyclic) bond motifs is 3. The maximum Gasteiger partial charge on any atom is 0.192 e. The third kappa shape index (κ3) is 4.85. The zero-order valence-electron chi connectivity index (χ0n) is 27.9. The van der Waals surface area contributed by atoms with E-state index in [9.17, 15) is 29.4 Å². The molecule has 1 fully saturated rings. The predicted molar refractivity (Wildman–Crippen MR) is 180 cm³/mol. The van der Waals surface area contributed by atoms with Crippen LogP contribution in [0.25, 0.3) is 11.1 Å². The number of phenolic OH excluding ortho intramolecular Hbond substituents is 1. The summed E-state index contributed by atoms with van der Waals surface area (Å²) in [6.45, 7) is 11.9. The summed E-state index contributed by atoms with van der Waals surface area (Å²) in [5.41, 5.74) is 1.09. The maximum atomic E-state index is 14.6. The highest BCUT2D eigenvalue weighted by Crippen LogP contribution is 2.64. The van der Waals surface area contributed by atoms with E-state index >= 15 is 0 Å². The summed E-state index contributed by atoms with van der Waals surface area (Å²) < 4.78 is 0. The van der Waals surface area contributed by atoms with Crippen LogP contribution in [0.4, 0.5) is 0 Å². The third-order valence-corrected chi connectivity index (χ3v) is 11.0. The Morgan fingerprint density at radius 3 is 2.26 bits per heavy atom. The molecule has 7 nitrogen and oxygen atoms in total. The average Bonchev–Trinajstić information content (AvgIpc) is 2.99. The molecule has 0 radical (unpaired) electrons. The van der Waals surface area contributed by atoms with Crippen LogP contribution in [0.2, 0.25) is 0 Å². The van der Waals surface area contributed by atoms with Gasteiger partial charge in [-0.15, -0.1) is 0 Å². The molecule has 0 bridgehead atoms. The van der Waals surface area contributed by atoms with E-state index in [2.05, 4.69) is 23.5 Å². The molecule has 0 aliphatic heterocycles. The summed E-state index contributed by atoms with van der Waals surface area (Å²) in [7, 11) is 0. The number of Topliss-reactive ketones (excluding diaryl/α,β-unsaturated/α-hetero) is 4. The summed E-state index contributed by atoms with van der Waals surface area (Å²) in [4.78, 5) is 55.9. The Morgan fingerprint density at radius 1 is 0.936 bits per heavy atom. The Labute approximate surface area is 276 Å². The summed E-state index contributed by atoms with van der Waals surface area (Å²) in [6.07, 6.45) is 0.461. The fraction of sp³-hybridized carbons (Fsp3) is 0.400. The zero-order valence-corrected chi connectivity index (χ0v) is 27.9. The Hall–Kier alpha value is -4.20. The first-order valence-electron chi connectivity index (χ1n) is 16.4. The van der Waals surface area contributed by atoms with Gasteiger partial charge in [0.2, 0.25) is 0 Å². The van der Waals surface area contributed by atoms with Gasteiger partial charge in [-0.1, -0.05) is 93.4 Å². The summed E-state index contributed by atoms with van der Waals surface area (Å²) in [6, 6.07) is 21.5. The Balaban J connectivity index is 1.43. The molecule has 5 atom stereocenters. The lowest BCUT2D eigenvalue weighted by atomic mass is 9.41. The van der Waals surface area contributed by atoms with E-state index in [-0.39, 0.29) is 30.1 Å². The zero-order chi connectivity index (χ0) is 34.1. The second kappa shape index (κ2) is 11.5. The van der Waals surface area contributed by atoms with Gasteiger partial charge >= 0.3 is 0 Å². The molecule has 2 unspecified atom stereocenters. The van der Waals surface area contributed by atoms with Crippen molar-refractivity contribution in [3.8, 4) is 16.9 Å². The Bertz CT molecular complexity index is 1860. The van der Waals surface area contributed by atoms with Crippen LogP contribution in [0.5, 0.6) is 5.75 Å². The predicted octanol–water partition coefficient (Wildman–Crippen LogP) is 6.18. The number of carbonyl (C=O) groups is 4. The van der Waals surface area contributed by atoms with Crippen LogP contribution < -0.4 is 5.32 Å². The first-order valence-corrected chi connectivity index (χ1v) is 16.4. The van der Waals surface area contributed by atoms with Gasteiger partial charge < -0.3 is 15.5 Å². The van der Waals surface area contributed by atoms with E-state index in [4.69, 9.17) is 0 Å². The largest absolute Gasteiger partial charge is 0.507 e. The van der Waals surface area contributed by atoms with Gasteiger partial charge in [0, 0.05) is 18.5 Å². The van der Waals surface area contributed by atoms with Crippen molar-refractivity contribution in [1.29, 1.82) is 0 Å². The van der Waals surface area contributed by atoms with Gasteiger partial charge in [-0.2, -0.15) is 0 Å². The number of nitrogens with one attached hydrogen (secondary N) is 1. The molecule has 0 saturated heterocycles. The van der Waals surface area contributed by atoms with E-state index < -0.39 is 51.4 Å². The minimum Gasteiger partial charge on any atom is -0.507 e. The van der Waals surface area contributed by atoms with Crippen molar-refractivity contribution in [2.24, 2.45) is 28.6 Å². The molecule has 0 heterocycles. The van der Waals surface area contributed by atoms with Crippen molar-refractivity contribution >= 4 is 23.1 Å². The first-order chi connectivity index (χ1) is 22.2. The van der Waals surface area contributed by atoms with Crippen LogP contribution in [0.15, 0.2) is 77.9 Å². The van der Waals surface area contributed by atoms with E-state index in [0.717, 1.165) is 28.8 Å². The third-order valence-electron chi connectivity index (χ3n) is 11.0. The number of phenols is 1. The molecular weight excluding hydrogens is 590 g/mol. The smallest absolute Gasteiger partial charge is 0.192 e. The lowest BCUT2D eigenvalue weighted by Crippen LogP contribution is -2.73. The SMILES string of the molecule is CC(=O)C1C(=O)[C@@]2(O)C(=O)C3C(=O)c4c(O)ccc(-c5cccc(CNCc6ccccc6)c5)c4C[C@@]3(C)C[C@@]2(C)C(C(C)C)=C1C. The second-order valence-corrected chi connectivity index (χ2v) is 14.6. The molecule has 0 spiro atoms. The first kappa shape index (κ1) is 32.7. The summed E-state index contributed by atoms with van der Waals surface area (Å²) >= 11 is 0. The lowest BCUT2D eigenvalue weighted by Gasteiger charge is -2.60. The van der Waals surface area contributed by atoms with Crippen LogP contribution in [-0.4, -0.2) is 38.9 Å². The van der Waals surface area contributed by atoms with E-state index in [1.807, 2.05) is 63.2 Å². The molecule has 3 N–H and O–H groups in total. The number of hydrogen-bond donors (Lipinski definition) is 3. The van der Waals surface area contributed by atoms with E-state index in [1.165, 1.54) is 18.6 Å². The van der Waals surface area contributed by atoms with Crippen molar-refractivity contribution in [3.63, 3.8) is 0 Å². The van der Waals surface area contributed by atoms with Crippen molar-refractivity contribution < 1.29 is 29.4 Å². The molecule has 3 aromatic carbocycles. The number of allylic oxidation sites excluding steroid dienone is 1. The topological polar surface area (TPSA) is 121 Å². The number of carbonyl (C=O) groups excluding carboxylic acids is 4. The van der Waals surface area contributed by atoms with Gasteiger partial charge in [-0.25, -0.2) is 0 Å². The average molecular weight is 634 g/mol. The van der Waals surface area contributed by atoms with Crippen LogP contribution in [0.3, 0.4) is 0 Å². The molecule has 47 heavy (non-hydrogen) atoms. The monoisotopic (exact) mass is 633 g/mol. The fourth-order valence-electron chi connectivity index (χ4n) is 9.41. The molecule has 1 saturated carbocycles. The molecule has 244 valence electrons. The van der Waals surface area contributed by atoms with Crippen LogP contribution in [0, 0.1) is 28.6 Å². The van der Waals surface area contributed by atoms with Crippen molar-refractivity contribution in [2.75, 3.05) is 0 Å². The highest BCUT2D eigenvalue weighted by atomic mass is 16.3. The van der Waals surface area contributed by atoms with Crippen LogP contribution in [-0.2, 0) is 33.9 Å². The van der Waals surface area contributed by atoms with Crippen molar-refractivity contribution in [2.45, 2.75) is 73.1 Å². The summed E-state index contributed by atoms with van der Waals surface area (Å²) in [5, 5.41) is 26.9. The van der Waals surface area contributed by atoms with Gasteiger partial charge in [0.25, 0.3) is 0 Å². The Morgan fingerprint density at radius 2 is 1.60 bits per heavy atom. The standard InChI is InChI=1S/C40H43NO6/c1-22(2)33-23(3)31(24(4)42)36(45)40(47)37(46)34-35(44)32-29(18-38(34,5)21-39(33,40)6)28(15-16-30(32)43)27-14-10-13-26(17-27)20-41-19-25-11-8-7-9-12-25/h7-17,22,31,34,41,43,47H,18-21H2,1-6H3/t31?,34?,38-,39-,40+/m0/s1. The summed E-state index contributed by atoms with van der Waals surface area (Å²) in [5.74, 6) is -5.77. The fourth-order valence-corrected chi connectivity index (χ4v) is 9.41. The molecular formula is C40H43NO6. The van der Waals surface area contributed by atoms with Gasteiger partial charge in [-0.3, -0.25) is 19.2 Å². The number of hydrogen-bond acceptors (Lipinski definition) is 7. The second-order valence-electron chi connectivity index (χ2n) is 14.6. The molecule has 3 aliphatic rings. The van der Waals surface area contributed by atoms with Gasteiger partial charge in [0.15, 0.2) is 23.0 Å². The van der Waals surface area contributed by atoms with Gasteiger partial charge in [0.1, 0.15) is 17.5 Å². The molecule has 0 aromatic heterocycles. The molecule has 3 aromatic rings. The van der Waals surface area contributed by atoms with Crippen LogP contribution >= 0.6 is 0 Å². The van der Waals surface area contributed by atoms with Gasteiger partial charge in [0.05, 0.1) is 11.5 Å². The van der Waals surface area contributed by atoms with E-state index in [0.29, 0.717) is 17.7 Å². The van der Waals surface area contributed by atoms with Crippen LogP contribution in [0.1, 0.15) is 75.0 Å². The number of aliphatic hydroxyl groups is 1. The van der Waals surface area contributed by atoms with Gasteiger partial charge in [-0.05, 0) is 78.0 Å². The van der Waals surface area contributed by atoms with Crippen molar-refractivity contribution in [1.82, 2.24) is 5.32 Å². The highest BCUT2D eigenvalue weighted by molar-refractivity contribution is 6.27. The Kier molecular flexibility index (Phi) is 8.01. The molecule has 6 rings (SSSR count). The quantitative estimate of drug-likeness (QED) is 0.210. The molecule has 0 amide bonds. The minimum atomic E-state index is -2.55. The molecule has 7 heteroatoms.